The first-order valence-electron chi connectivity index (χ1n) is 7.54. The van der Waals surface area contributed by atoms with Gasteiger partial charge in [-0.05, 0) is 25.2 Å². The molecule has 4 rings (SSSR count). The Morgan fingerprint density at radius 3 is 2.57 bits per heavy atom. The summed E-state index contributed by atoms with van der Waals surface area (Å²) in [6.07, 6.45) is 0. The third-order valence-corrected chi connectivity index (χ3v) is 4.74. The lowest BCUT2D eigenvalue weighted by atomic mass is 9.74. The summed E-state index contributed by atoms with van der Waals surface area (Å²) in [5, 5.41) is 6.97. The molecule has 0 aromatic heterocycles. The minimum atomic E-state index is -0.978. The molecule has 5 heteroatoms. The lowest BCUT2D eigenvalue weighted by Crippen LogP contribution is -2.68. The number of nitrogens with one attached hydrogen (secondary N) is 2. The number of rotatable bonds is 2. The highest BCUT2D eigenvalue weighted by atomic mass is 32.1. The Hall–Kier alpha value is -2.40. The Bertz CT molecular complexity index is 793. The van der Waals surface area contributed by atoms with E-state index in [9.17, 15) is 4.79 Å². The minimum absolute atomic E-state index is 0.0517. The molecule has 0 unspecified atom stereocenters. The van der Waals surface area contributed by atoms with Gasteiger partial charge in [0, 0.05) is 11.1 Å². The highest BCUT2D eigenvalue weighted by Crippen LogP contribution is 2.49. The van der Waals surface area contributed by atoms with Gasteiger partial charge < -0.3 is 15.4 Å². The van der Waals surface area contributed by atoms with Crippen molar-refractivity contribution in [2.24, 2.45) is 5.92 Å². The molecule has 2 aromatic carbocycles. The van der Waals surface area contributed by atoms with Gasteiger partial charge in [0.1, 0.15) is 17.5 Å². The van der Waals surface area contributed by atoms with Gasteiger partial charge in [-0.3, -0.25) is 4.79 Å². The van der Waals surface area contributed by atoms with E-state index in [1.807, 2.05) is 54.6 Å². The molecule has 23 heavy (non-hydrogen) atoms. The van der Waals surface area contributed by atoms with Gasteiger partial charge in [-0.2, -0.15) is 0 Å². The van der Waals surface area contributed by atoms with E-state index in [1.165, 1.54) is 0 Å². The van der Waals surface area contributed by atoms with Crippen LogP contribution in [0.5, 0.6) is 5.75 Å². The summed E-state index contributed by atoms with van der Waals surface area (Å²) in [4.78, 5) is 12.5. The summed E-state index contributed by atoms with van der Waals surface area (Å²) in [5.41, 5.74) is 0.876. The van der Waals surface area contributed by atoms with Crippen molar-refractivity contribution < 1.29 is 9.53 Å². The fraction of sp³-hybridized carbons (Fsp3) is 0.222. The largest absolute Gasteiger partial charge is 0.463 e. The van der Waals surface area contributed by atoms with Crippen molar-refractivity contribution in [1.82, 2.24) is 10.6 Å². The Kier molecular flexibility index (Phi) is 3.13. The van der Waals surface area contributed by atoms with E-state index in [2.05, 4.69) is 10.6 Å². The molecule has 1 fully saturated rings. The lowest BCUT2D eigenvalue weighted by molar-refractivity contribution is -0.136. The van der Waals surface area contributed by atoms with Crippen LogP contribution in [-0.4, -0.2) is 10.9 Å². The standard InChI is InChI=1S/C18H16N2O2S/c1-11(21)15-16-13-9-5-6-10-14(13)22-18(15,20-17(23)19-16)12-7-3-2-4-8-12/h2-10,15-16H,1H3,(H2,19,20,23)/t15-,16-,18+/m1/s1. The van der Waals surface area contributed by atoms with Crippen molar-refractivity contribution in [3.05, 3.63) is 65.7 Å². The molecule has 0 saturated carbocycles. The average Bonchev–Trinajstić information content (AvgIpc) is 2.54. The van der Waals surface area contributed by atoms with Crippen LogP contribution >= 0.6 is 12.2 Å². The Morgan fingerprint density at radius 2 is 1.83 bits per heavy atom. The van der Waals surface area contributed by atoms with Crippen molar-refractivity contribution in [3.63, 3.8) is 0 Å². The minimum Gasteiger partial charge on any atom is -0.463 e. The number of benzene rings is 2. The second-order valence-corrected chi connectivity index (χ2v) is 6.31. The van der Waals surface area contributed by atoms with E-state index in [0.29, 0.717) is 5.11 Å². The van der Waals surface area contributed by atoms with Crippen LogP contribution in [0.2, 0.25) is 0 Å². The zero-order valence-corrected chi connectivity index (χ0v) is 13.4. The second-order valence-electron chi connectivity index (χ2n) is 5.91. The molecule has 0 spiro atoms. The third kappa shape index (κ3) is 2.04. The average molecular weight is 324 g/mol. The van der Waals surface area contributed by atoms with E-state index in [0.717, 1.165) is 16.9 Å². The van der Waals surface area contributed by atoms with Crippen molar-refractivity contribution in [3.8, 4) is 5.75 Å². The van der Waals surface area contributed by atoms with Crippen LogP contribution in [0.3, 0.4) is 0 Å². The molecule has 0 aliphatic carbocycles. The van der Waals surface area contributed by atoms with Crippen LogP contribution in [0.25, 0.3) is 0 Å². The SMILES string of the molecule is CC(=O)[C@@H]1[C@@H]2NC(=S)N[C@@]1(c1ccccc1)Oc1ccccc12. The zero-order chi connectivity index (χ0) is 16.0. The summed E-state index contributed by atoms with van der Waals surface area (Å²) in [5.74, 6) is 0.406. The number of para-hydroxylation sites is 1. The number of fused-ring (bicyclic) bond motifs is 4. The first kappa shape index (κ1) is 14.2. The number of ketones is 1. The number of ether oxygens (including phenoxy) is 1. The van der Waals surface area contributed by atoms with Crippen molar-refractivity contribution in [1.29, 1.82) is 0 Å². The molecule has 2 bridgehead atoms. The smallest absolute Gasteiger partial charge is 0.220 e. The Balaban J connectivity index is 1.98. The first-order valence-corrected chi connectivity index (χ1v) is 7.95. The van der Waals surface area contributed by atoms with Crippen molar-refractivity contribution in [2.75, 3.05) is 0 Å². The van der Waals surface area contributed by atoms with Gasteiger partial charge in [-0.25, -0.2) is 0 Å². The maximum atomic E-state index is 12.5. The fourth-order valence-corrected chi connectivity index (χ4v) is 3.89. The highest BCUT2D eigenvalue weighted by molar-refractivity contribution is 7.80. The molecule has 2 aromatic rings. The van der Waals surface area contributed by atoms with Crippen LogP contribution in [0, 0.1) is 5.92 Å². The maximum absolute atomic E-state index is 12.5. The molecule has 116 valence electrons. The van der Waals surface area contributed by atoms with Gasteiger partial charge in [0.2, 0.25) is 5.72 Å². The molecular weight excluding hydrogens is 308 g/mol. The lowest BCUT2D eigenvalue weighted by Gasteiger charge is -2.52. The van der Waals surface area contributed by atoms with E-state index in [4.69, 9.17) is 17.0 Å². The van der Waals surface area contributed by atoms with Gasteiger partial charge in [-0.1, -0.05) is 48.5 Å². The quantitative estimate of drug-likeness (QED) is 0.832. The highest BCUT2D eigenvalue weighted by Gasteiger charge is 2.57. The molecular formula is C18H16N2O2S. The zero-order valence-electron chi connectivity index (χ0n) is 12.6. The van der Waals surface area contributed by atoms with Crippen LogP contribution < -0.4 is 15.4 Å². The van der Waals surface area contributed by atoms with E-state index in [-0.39, 0.29) is 11.8 Å². The topological polar surface area (TPSA) is 50.4 Å². The number of Topliss-reactive ketones (excluding diaryl/α,β-unsaturated/α-hetero) is 1. The number of carbonyl (C=O) groups excluding carboxylic acids is 1. The molecule has 2 heterocycles. The van der Waals surface area contributed by atoms with Gasteiger partial charge in [0.15, 0.2) is 5.11 Å². The first-order chi connectivity index (χ1) is 11.1. The molecule has 2 aliphatic rings. The van der Waals surface area contributed by atoms with Crippen molar-refractivity contribution in [2.45, 2.75) is 18.7 Å². The molecule has 1 saturated heterocycles. The molecule has 0 amide bonds. The monoisotopic (exact) mass is 324 g/mol. The van der Waals surface area contributed by atoms with E-state index >= 15 is 0 Å². The number of hydrogen-bond acceptors (Lipinski definition) is 3. The van der Waals surface area contributed by atoms with Crippen LogP contribution in [0.4, 0.5) is 0 Å². The summed E-state index contributed by atoms with van der Waals surface area (Å²) in [7, 11) is 0. The van der Waals surface area contributed by atoms with Gasteiger partial charge in [0.05, 0.1) is 6.04 Å². The predicted octanol–water partition coefficient (Wildman–Crippen LogP) is 2.66. The van der Waals surface area contributed by atoms with Gasteiger partial charge in [0.25, 0.3) is 0 Å². The Morgan fingerprint density at radius 1 is 1.13 bits per heavy atom. The predicted molar refractivity (Wildman–Crippen MR) is 91.0 cm³/mol. The molecule has 3 atom stereocenters. The summed E-state index contributed by atoms with van der Waals surface area (Å²) in [6.45, 7) is 1.60. The van der Waals surface area contributed by atoms with Crippen LogP contribution in [0.15, 0.2) is 54.6 Å². The molecule has 2 N–H and O–H groups in total. The van der Waals surface area contributed by atoms with Crippen LogP contribution in [-0.2, 0) is 10.5 Å². The number of hydrogen-bond donors (Lipinski definition) is 2. The summed E-state index contributed by atoms with van der Waals surface area (Å²) in [6, 6.07) is 17.3. The maximum Gasteiger partial charge on any atom is 0.220 e. The molecule has 2 aliphatic heterocycles. The van der Waals surface area contributed by atoms with Gasteiger partial charge >= 0.3 is 0 Å². The van der Waals surface area contributed by atoms with Gasteiger partial charge in [-0.15, -0.1) is 0 Å². The van der Waals surface area contributed by atoms with E-state index in [1.54, 1.807) is 6.92 Å². The second kappa shape index (κ2) is 5.06. The molecule has 4 nitrogen and oxygen atoms in total. The van der Waals surface area contributed by atoms with Crippen LogP contribution in [0.1, 0.15) is 24.1 Å². The number of thiocarbonyl (C=S) groups is 1. The normalized spacial score (nSPS) is 28.0. The summed E-state index contributed by atoms with van der Waals surface area (Å²) < 4.78 is 6.36. The van der Waals surface area contributed by atoms with Crippen molar-refractivity contribution >= 4 is 23.1 Å². The Labute approximate surface area is 139 Å². The third-order valence-electron chi connectivity index (χ3n) is 4.52. The number of carbonyl (C=O) groups is 1. The van der Waals surface area contributed by atoms with E-state index < -0.39 is 11.6 Å². The molecule has 0 radical (unpaired) electrons. The summed E-state index contributed by atoms with van der Waals surface area (Å²) >= 11 is 5.39. The fourth-order valence-electron chi connectivity index (χ4n) is 3.61.